The van der Waals surface area contributed by atoms with E-state index in [1.807, 2.05) is 11.8 Å². The van der Waals surface area contributed by atoms with Gasteiger partial charge in [0.1, 0.15) is 5.82 Å². The molecule has 1 N–H and O–H groups in total. The smallest absolute Gasteiger partial charge is 0.146 e. The molecule has 0 aromatic heterocycles. The van der Waals surface area contributed by atoms with E-state index in [2.05, 4.69) is 0 Å². The van der Waals surface area contributed by atoms with Crippen molar-refractivity contribution in [2.45, 2.75) is 38.9 Å². The summed E-state index contributed by atoms with van der Waals surface area (Å²) < 4.78 is 19.7. The van der Waals surface area contributed by atoms with Gasteiger partial charge in [-0.1, -0.05) is 6.07 Å². The fraction of sp³-hybridized carbons (Fsp3) is 0.600. The summed E-state index contributed by atoms with van der Waals surface area (Å²) >= 11 is 0. The summed E-state index contributed by atoms with van der Waals surface area (Å²) in [5.41, 5.74) is 1.19. The van der Waals surface area contributed by atoms with Gasteiger partial charge in [-0.15, -0.1) is 0 Å². The first-order valence-corrected chi connectivity index (χ1v) is 6.96. The van der Waals surface area contributed by atoms with Crippen LogP contribution >= 0.6 is 0 Å². The highest BCUT2D eigenvalue weighted by atomic mass is 19.1. The van der Waals surface area contributed by atoms with Crippen molar-refractivity contribution in [2.24, 2.45) is 0 Å². The van der Waals surface area contributed by atoms with Gasteiger partial charge >= 0.3 is 0 Å². The first-order chi connectivity index (χ1) is 9.11. The molecular formula is C15H22FNO2. The van der Waals surface area contributed by atoms with Crippen LogP contribution in [0.25, 0.3) is 0 Å². The number of aliphatic hydroxyl groups is 1. The Morgan fingerprint density at radius 1 is 1.53 bits per heavy atom. The molecule has 4 heteroatoms. The molecule has 0 saturated carbocycles. The largest absolute Gasteiger partial charge is 0.389 e. The topological polar surface area (TPSA) is 32.7 Å². The molecule has 0 spiro atoms. The Bertz CT molecular complexity index is 417. The van der Waals surface area contributed by atoms with E-state index in [-0.39, 0.29) is 11.9 Å². The summed E-state index contributed by atoms with van der Waals surface area (Å²) in [4.78, 5) is 2.00. The lowest BCUT2D eigenvalue weighted by atomic mass is 10.1. The molecule has 1 aromatic rings. The Hall–Kier alpha value is -1.13. The monoisotopic (exact) mass is 267 g/mol. The lowest BCUT2D eigenvalue weighted by molar-refractivity contribution is 0.115. The summed E-state index contributed by atoms with van der Waals surface area (Å²) in [6.45, 7) is 5.92. The molecule has 106 valence electrons. The zero-order chi connectivity index (χ0) is 13.8. The van der Waals surface area contributed by atoms with Gasteiger partial charge in [0.15, 0.2) is 0 Å². The van der Waals surface area contributed by atoms with E-state index in [1.54, 1.807) is 19.1 Å². The van der Waals surface area contributed by atoms with E-state index in [1.165, 1.54) is 6.07 Å². The van der Waals surface area contributed by atoms with Crippen molar-refractivity contribution in [3.05, 3.63) is 29.6 Å². The van der Waals surface area contributed by atoms with Crippen LogP contribution in [0.3, 0.4) is 0 Å². The number of aliphatic hydroxyl groups excluding tert-OH is 1. The van der Waals surface area contributed by atoms with Crippen molar-refractivity contribution < 1.29 is 14.2 Å². The number of halogens is 1. The van der Waals surface area contributed by atoms with Gasteiger partial charge in [0, 0.05) is 19.7 Å². The van der Waals surface area contributed by atoms with Crippen molar-refractivity contribution in [3.63, 3.8) is 0 Å². The van der Waals surface area contributed by atoms with Crippen LogP contribution < -0.4 is 4.90 Å². The Morgan fingerprint density at radius 2 is 2.32 bits per heavy atom. The molecule has 19 heavy (non-hydrogen) atoms. The van der Waals surface area contributed by atoms with Crippen LogP contribution in [0.1, 0.15) is 38.4 Å². The average Bonchev–Trinajstić information content (AvgIpc) is 2.89. The minimum Gasteiger partial charge on any atom is -0.389 e. The number of anilines is 1. The molecular weight excluding hydrogens is 245 g/mol. The molecule has 1 saturated heterocycles. The van der Waals surface area contributed by atoms with E-state index in [0.29, 0.717) is 11.3 Å². The zero-order valence-corrected chi connectivity index (χ0v) is 11.6. The van der Waals surface area contributed by atoms with Crippen LogP contribution in [-0.4, -0.2) is 30.9 Å². The second-order valence-electron chi connectivity index (χ2n) is 5.06. The predicted octanol–water partition coefficient (Wildman–Crippen LogP) is 2.88. The number of likely N-dealkylation sites (N-methyl/N-ethyl adjacent to an activating group) is 1. The van der Waals surface area contributed by atoms with E-state index in [4.69, 9.17) is 4.74 Å². The summed E-state index contributed by atoms with van der Waals surface area (Å²) in [7, 11) is 0. The van der Waals surface area contributed by atoms with Gasteiger partial charge in [-0.3, -0.25) is 0 Å². The van der Waals surface area contributed by atoms with Crippen molar-refractivity contribution in [2.75, 3.05) is 24.6 Å². The fourth-order valence-corrected chi connectivity index (χ4v) is 2.47. The second kappa shape index (κ2) is 6.35. The number of benzene rings is 1. The van der Waals surface area contributed by atoms with Crippen LogP contribution in [-0.2, 0) is 4.74 Å². The molecule has 2 atom stereocenters. The number of rotatable bonds is 5. The maximum Gasteiger partial charge on any atom is 0.146 e. The molecule has 0 radical (unpaired) electrons. The maximum atomic E-state index is 14.1. The van der Waals surface area contributed by atoms with Gasteiger partial charge < -0.3 is 14.7 Å². The van der Waals surface area contributed by atoms with Crippen LogP contribution in [0.15, 0.2) is 18.2 Å². The van der Waals surface area contributed by atoms with Crippen LogP contribution in [0.4, 0.5) is 10.1 Å². The first-order valence-electron chi connectivity index (χ1n) is 6.96. The summed E-state index contributed by atoms with van der Waals surface area (Å²) in [5, 5.41) is 9.46. The third kappa shape index (κ3) is 3.45. The Morgan fingerprint density at radius 3 is 2.84 bits per heavy atom. The number of ether oxygens (including phenoxy) is 1. The van der Waals surface area contributed by atoms with Gasteiger partial charge in [0.2, 0.25) is 0 Å². The minimum absolute atomic E-state index is 0.204. The SMILES string of the molecule is CCN(CC1CCCO1)c1ccc(C(C)O)cc1F. The van der Waals surface area contributed by atoms with E-state index < -0.39 is 6.10 Å². The maximum absolute atomic E-state index is 14.1. The standard InChI is InChI=1S/C15H22FNO2/c1-3-17(10-13-5-4-8-19-13)15-7-6-12(11(2)18)9-14(15)16/h6-7,9,11,13,18H,3-5,8,10H2,1-2H3. The Kier molecular flexibility index (Phi) is 4.77. The molecule has 2 unspecified atom stereocenters. The molecule has 1 aliphatic rings. The van der Waals surface area contributed by atoms with Crippen molar-refractivity contribution in [3.8, 4) is 0 Å². The van der Waals surface area contributed by atoms with Gasteiger partial charge in [-0.2, -0.15) is 0 Å². The predicted molar refractivity (Wildman–Crippen MR) is 73.9 cm³/mol. The lowest BCUT2D eigenvalue weighted by Gasteiger charge is -2.26. The third-order valence-corrected chi connectivity index (χ3v) is 3.62. The molecule has 1 aliphatic heterocycles. The third-order valence-electron chi connectivity index (χ3n) is 3.62. The molecule has 3 nitrogen and oxygen atoms in total. The number of hydrogen-bond donors (Lipinski definition) is 1. The quantitative estimate of drug-likeness (QED) is 0.890. The van der Waals surface area contributed by atoms with Crippen molar-refractivity contribution in [1.29, 1.82) is 0 Å². The Labute approximate surface area is 114 Å². The zero-order valence-electron chi connectivity index (χ0n) is 11.6. The number of hydrogen-bond acceptors (Lipinski definition) is 3. The van der Waals surface area contributed by atoms with Crippen LogP contribution in [0.5, 0.6) is 0 Å². The number of nitrogens with zero attached hydrogens (tertiary/aromatic N) is 1. The highest BCUT2D eigenvalue weighted by Crippen LogP contribution is 2.25. The van der Waals surface area contributed by atoms with E-state index in [9.17, 15) is 9.50 Å². The van der Waals surface area contributed by atoms with Gasteiger partial charge in [0.05, 0.1) is 17.9 Å². The minimum atomic E-state index is -0.642. The first kappa shape index (κ1) is 14.3. The second-order valence-corrected chi connectivity index (χ2v) is 5.06. The van der Waals surface area contributed by atoms with Crippen molar-refractivity contribution >= 4 is 5.69 Å². The normalized spacial score (nSPS) is 20.5. The average molecular weight is 267 g/mol. The van der Waals surface area contributed by atoms with E-state index in [0.717, 1.165) is 32.5 Å². The molecule has 1 fully saturated rings. The molecule has 2 rings (SSSR count). The highest BCUT2D eigenvalue weighted by Gasteiger charge is 2.20. The fourth-order valence-electron chi connectivity index (χ4n) is 2.47. The lowest BCUT2D eigenvalue weighted by Crippen LogP contribution is -2.32. The molecule has 0 amide bonds. The Balaban J connectivity index is 2.13. The summed E-state index contributed by atoms with van der Waals surface area (Å²) in [6.07, 6.45) is 1.70. The van der Waals surface area contributed by atoms with Gasteiger partial charge in [0.25, 0.3) is 0 Å². The summed E-state index contributed by atoms with van der Waals surface area (Å²) in [6, 6.07) is 4.94. The van der Waals surface area contributed by atoms with Gasteiger partial charge in [-0.25, -0.2) is 4.39 Å². The molecule has 1 aromatic carbocycles. The van der Waals surface area contributed by atoms with Crippen LogP contribution in [0.2, 0.25) is 0 Å². The molecule has 0 aliphatic carbocycles. The molecule has 0 bridgehead atoms. The van der Waals surface area contributed by atoms with Gasteiger partial charge in [-0.05, 0) is 44.4 Å². The molecule has 1 heterocycles. The summed E-state index contributed by atoms with van der Waals surface area (Å²) in [5.74, 6) is -0.279. The van der Waals surface area contributed by atoms with Crippen LogP contribution in [0, 0.1) is 5.82 Å². The van der Waals surface area contributed by atoms with Crippen molar-refractivity contribution in [1.82, 2.24) is 0 Å². The highest BCUT2D eigenvalue weighted by molar-refractivity contribution is 5.49. The van der Waals surface area contributed by atoms with E-state index >= 15 is 0 Å².